The van der Waals surface area contributed by atoms with E-state index in [-0.39, 0.29) is 34.5 Å². The Balaban J connectivity index is 1.80. The number of benzene rings is 4. The second kappa shape index (κ2) is 20.0. The van der Waals surface area contributed by atoms with Crippen molar-refractivity contribution in [2.75, 3.05) is 23.7 Å². The fraction of sp³-hybridized carbons (Fsp3) is 0.300. The number of allylic oxidation sites excluding steroid dienone is 6. The maximum Gasteiger partial charge on any atom is 0.295 e. The van der Waals surface area contributed by atoms with E-state index in [9.17, 15) is 69.6 Å². The van der Waals surface area contributed by atoms with Crippen molar-refractivity contribution in [3.63, 3.8) is 0 Å². The largest absolute Gasteiger partial charge is 0.345 e. The molecular formula is C40H47N2O16S5+. The number of nitrogens with zero attached hydrogens (tertiary/aromatic N) is 2. The molecule has 0 bridgehead atoms. The fourth-order valence-electron chi connectivity index (χ4n) is 7.01. The molecule has 0 saturated heterocycles. The second-order valence-corrected chi connectivity index (χ2v) is 21.7. The summed E-state index contributed by atoms with van der Waals surface area (Å²) in [7, 11) is -24.1. The van der Waals surface area contributed by atoms with Crippen LogP contribution in [0.2, 0.25) is 0 Å². The highest BCUT2D eigenvalue weighted by atomic mass is 32.2. The Kier molecular flexibility index (Phi) is 16.2. The molecule has 0 unspecified atom stereocenters. The van der Waals surface area contributed by atoms with Gasteiger partial charge in [-0.1, -0.05) is 30.7 Å². The lowest BCUT2D eigenvalue weighted by Crippen LogP contribution is -2.23. The molecule has 4 aromatic rings. The Bertz CT molecular complexity index is 3160. The maximum absolute atomic E-state index is 12.3. The van der Waals surface area contributed by atoms with E-state index in [2.05, 4.69) is 0 Å². The molecule has 63 heavy (non-hydrogen) atoms. The van der Waals surface area contributed by atoms with Crippen LogP contribution in [0.25, 0.3) is 21.5 Å². The number of fused-ring (bicyclic) bond motifs is 2. The lowest BCUT2D eigenvalue weighted by atomic mass is 10.0. The molecule has 4 rings (SSSR count). The van der Waals surface area contributed by atoms with E-state index in [1.807, 2.05) is 4.90 Å². The number of anilines is 1. The first kappa shape index (κ1) is 50.9. The van der Waals surface area contributed by atoms with Crippen LogP contribution in [0.4, 0.5) is 11.4 Å². The lowest BCUT2D eigenvalue weighted by Gasteiger charge is -2.28. The van der Waals surface area contributed by atoms with Gasteiger partial charge in [0.1, 0.15) is 22.6 Å². The molecule has 0 atom stereocenters. The van der Waals surface area contributed by atoms with E-state index in [0.29, 0.717) is 78.3 Å². The Hall–Kier alpha value is -4.69. The third-order valence-electron chi connectivity index (χ3n) is 10.1. The van der Waals surface area contributed by atoms with Crippen LogP contribution in [-0.4, -0.2) is 100 Å². The summed E-state index contributed by atoms with van der Waals surface area (Å²) in [5, 5.41) is 0.146. The van der Waals surface area contributed by atoms with Gasteiger partial charge < -0.3 is 9.69 Å². The van der Waals surface area contributed by atoms with Crippen LogP contribution in [0.5, 0.6) is 0 Å². The minimum Gasteiger partial charge on any atom is -0.345 e. The van der Waals surface area contributed by atoms with Gasteiger partial charge in [0.15, 0.2) is 5.71 Å². The van der Waals surface area contributed by atoms with Crippen LogP contribution in [0.15, 0.2) is 104 Å². The monoisotopic (exact) mass is 971 g/mol. The van der Waals surface area contributed by atoms with Gasteiger partial charge in [-0.2, -0.15) is 46.7 Å². The number of carbonyl (C=O) groups is 1. The maximum atomic E-state index is 12.3. The van der Waals surface area contributed by atoms with Crippen molar-refractivity contribution in [3.8, 4) is 0 Å². The Morgan fingerprint density at radius 1 is 0.619 bits per heavy atom. The molecule has 0 aromatic heterocycles. The minimum atomic E-state index is -4.97. The summed E-state index contributed by atoms with van der Waals surface area (Å²) in [5.41, 5.74) is 2.83. The van der Waals surface area contributed by atoms with Crippen LogP contribution in [0, 0.1) is 13.8 Å². The standard InChI is InChI=1S/C40H46N2O16S5/c1-27(41(19-10-5-6-11-21-43)37-17-15-33-35(29(37)3)23-31(60(47,48)49)25-39(33)62(53,54)55)13-8-7-9-14-28(2)42(20-12-22-59(44,45)46)38-18-16-34-36(30(38)4)24-32(61(50,51)52)26-40(34)63(56,57)58/h7-9,13-18,21,23-26H,5-6,10-12,19-20,22H2,1-4H3,(H4-,44,45,46,47,48,49,50,51,52,53,54,55,56,57,58)/p+1. The molecule has 0 aliphatic carbocycles. The normalized spacial score (nSPS) is 14.0. The first-order valence-electron chi connectivity index (χ1n) is 18.9. The average molecular weight is 972 g/mol. The van der Waals surface area contributed by atoms with Crippen molar-refractivity contribution in [1.29, 1.82) is 0 Å². The third-order valence-corrected chi connectivity index (χ3v) is 14.3. The smallest absolute Gasteiger partial charge is 0.295 e. The van der Waals surface area contributed by atoms with E-state index in [0.717, 1.165) is 18.4 Å². The fourth-order valence-corrected chi connectivity index (χ4v) is 10.2. The van der Waals surface area contributed by atoms with Gasteiger partial charge in [0.05, 0.1) is 15.5 Å². The van der Waals surface area contributed by atoms with Gasteiger partial charge in [0.2, 0.25) is 5.69 Å². The molecule has 4 aromatic carbocycles. The molecular weight excluding hydrogens is 925 g/mol. The highest BCUT2D eigenvalue weighted by Gasteiger charge is 2.26. The summed E-state index contributed by atoms with van der Waals surface area (Å²) in [6.07, 6.45) is 11.5. The molecule has 342 valence electrons. The van der Waals surface area contributed by atoms with Crippen molar-refractivity contribution < 1.29 is 74.2 Å². The molecule has 0 radical (unpaired) electrons. The first-order chi connectivity index (χ1) is 29.1. The molecule has 0 saturated carbocycles. The number of unbranched alkanes of at least 4 members (excludes halogenated alkanes) is 3. The van der Waals surface area contributed by atoms with E-state index in [4.69, 9.17) is 0 Å². The van der Waals surface area contributed by atoms with Crippen LogP contribution in [0.1, 0.15) is 57.1 Å². The zero-order chi connectivity index (χ0) is 47.3. The summed E-state index contributed by atoms with van der Waals surface area (Å²) in [6.45, 7) is 7.04. The molecule has 18 nitrogen and oxygen atoms in total. The van der Waals surface area contributed by atoms with Crippen molar-refractivity contribution >= 4 is 95.5 Å². The Morgan fingerprint density at radius 3 is 1.67 bits per heavy atom. The number of aldehydes is 1. The summed E-state index contributed by atoms with van der Waals surface area (Å²) in [4.78, 5) is 9.81. The van der Waals surface area contributed by atoms with Crippen molar-refractivity contribution in [2.45, 2.75) is 79.4 Å². The SMILES string of the molecule is C\C(=C/C=C/C=C/C(C)=[N+](\CCCS(=O)(=O)O)c1ccc2c(S(=O)(=O)O)cc(S(=O)(=O)O)cc2c1C)N(CCCCCC=O)c1ccc2c(S(=O)(=O)O)cc(S(=O)(=O)O)cc2c1C. The molecule has 0 aliphatic rings. The molecule has 23 heteroatoms. The van der Waals surface area contributed by atoms with Gasteiger partial charge in [-0.15, -0.1) is 0 Å². The zero-order valence-corrected chi connectivity index (χ0v) is 38.5. The van der Waals surface area contributed by atoms with Gasteiger partial charge in [-0.3, -0.25) is 22.8 Å². The Labute approximate surface area is 366 Å². The van der Waals surface area contributed by atoms with E-state index >= 15 is 0 Å². The molecule has 0 aliphatic heterocycles. The average Bonchev–Trinajstić information content (AvgIpc) is 3.16. The number of hydrogen-bond donors (Lipinski definition) is 5. The number of rotatable bonds is 20. The number of aryl methyl sites for hydroxylation is 2. The minimum absolute atomic E-state index is 0.00144. The molecule has 0 heterocycles. The predicted octanol–water partition coefficient (Wildman–Crippen LogP) is 6.26. The van der Waals surface area contributed by atoms with Gasteiger partial charge in [-0.05, 0) is 92.4 Å². The van der Waals surface area contributed by atoms with E-state index in [1.54, 1.807) is 61.8 Å². The quantitative estimate of drug-likeness (QED) is 0.0163. The highest BCUT2D eigenvalue weighted by molar-refractivity contribution is 7.87. The molecule has 5 N–H and O–H groups in total. The summed E-state index contributed by atoms with van der Waals surface area (Å²) in [6, 6.07) is 9.29. The van der Waals surface area contributed by atoms with Crippen molar-refractivity contribution in [1.82, 2.24) is 0 Å². The lowest BCUT2D eigenvalue weighted by molar-refractivity contribution is -0.440. The first-order valence-corrected chi connectivity index (χ1v) is 26.3. The van der Waals surface area contributed by atoms with Crippen LogP contribution < -0.4 is 4.90 Å². The second-order valence-electron chi connectivity index (χ2n) is 14.5. The molecule has 0 amide bonds. The van der Waals surface area contributed by atoms with E-state index in [1.165, 1.54) is 25.1 Å². The van der Waals surface area contributed by atoms with Crippen molar-refractivity contribution in [3.05, 3.63) is 95.7 Å². The van der Waals surface area contributed by atoms with Crippen LogP contribution in [-0.2, 0) is 55.4 Å². The summed E-state index contributed by atoms with van der Waals surface area (Å²) < 4.78 is 171. The zero-order valence-electron chi connectivity index (χ0n) is 34.4. The molecule has 0 fully saturated rings. The highest BCUT2D eigenvalue weighted by Crippen LogP contribution is 2.37. The van der Waals surface area contributed by atoms with E-state index < -0.39 is 75.9 Å². The predicted molar refractivity (Wildman–Crippen MR) is 237 cm³/mol. The van der Waals surface area contributed by atoms with Gasteiger partial charge in [0, 0.05) is 66.2 Å². The Morgan fingerprint density at radius 2 is 1.16 bits per heavy atom. The summed E-state index contributed by atoms with van der Waals surface area (Å²) >= 11 is 0. The van der Waals surface area contributed by atoms with Gasteiger partial charge >= 0.3 is 0 Å². The van der Waals surface area contributed by atoms with Gasteiger partial charge in [0.25, 0.3) is 50.6 Å². The van der Waals surface area contributed by atoms with Crippen LogP contribution in [0.3, 0.4) is 0 Å². The number of carbonyl (C=O) groups excluding carboxylic acids is 1. The number of hydrogen-bond acceptors (Lipinski definition) is 12. The third kappa shape index (κ3) is 13.2. The topological polar surface area (TPSA) is 295 Å². The van der Waals surface area contributed by atoms with Crippen LogP contribution >= 0.6 is 0 Å². The summed E-state index contributed by atoms with van der Waals surface area (Å²) in [5.74, 6) is -0.607. The van der Waals surface area contributed by atoms with Gasteiger partial charge in [-0.25, -0.2) is 0 Å². The molecule has 0 spiro atoms. The van der Waals surface area contributed by atoms with Crippen molar-refractivity contribution in [2.24, 2.45) is 0 Å².